The summed E-state index contributed by atoms with van der Waals surface area (Å²) in [6, 6.07) is 3.47. The Hall–Kier alpha value is -1.46. The zero-order valence-electron chi connectivity index (χ0n) is 8.18. The molecule has 0 radical (unpaired) electrons. The van der Waals surface area contributed by atoms with Gasteiger partial charge in [-0.05, 0) is 23.8 Å². The van der Waals surface area contributed by atoms with Crippen molar-refractivity contribution >= 4 is 10.0 Å². The molecular formula is C10H12N2O2S. The summed E-state index contributed by atoms with van der Waals surface area (Å²) >= 11 is 0. The molecule has 0 aliphatic carbocycles. The minimum Gasteiger partial charge on any atom is -0.265 e. The molecule has 1 heterocycles. The molecule has 1 aromatic rings. The van der Waals surface area contributed by atoms with Crippen LogP contribution < -0.4 is 4.72 Å². The maximum absolute atomic E-state index is 11.4. The number of allylic oxidation sites excluding steroid dienone is 1. The van der Waals surface area contributed by atoms with Crippen LogP contribution in [0.2, 0.25) is 0 Å². The second-order valence-electron chi connectivity index (χ2n) is 2.85. The van der Waals surface area contributed by atoms with Crippen molar-refractivity contribution in [1.29, 1.82) is 0 Å². The van der Waals surface area contributed by atoms with Gasteiger partial charge < -0.3 is 0 Å². The van der Waals surface area contributed by atoms with E-state index in [1.165, 1.54) is 6.08 Å². The van der Waals surface area contributed by atoms with Gasteiger partial charge in [0, 0.05) is 18.9 Å². The lowest BCUT2D eigenvalue weighted by atomic mass is 10.3. The lowest BCUT2D eigenvalue weighted by Gasteiger charge is -2.05. The minimum atomic E-state index is -3.49. The first kappa shape index (κ1) is 11.6. The van der Waals surface area contributed by atoms with Crippen LogP contribution in [0.15, 0.2) is 48.7 Å². The lowest BCUT2D eigenvalue weighted by Crippen LogP contribution is -2.23. The third-order valence-electron chi connectivity index (χ3n) is 1.79. The van der Waals surface area contributed by atoms with Crippen LogP contribution in [0.5, 0.6) is 0 Å². The number of nitrogens with zero attached hydrogens (tertiary/aromatic N) is 1. The van der Waals surface area contributed by atoms with E-state index in [0.717, 1.165) is 5.56 Å². The van der Waals surface area contributed by atoms with Crippen LogP contribution in [0.25, 0.3) is 0 Å². The van der Waals surface area contributed by atoms with E-state index in [1.807, 2.05) is 0 Å². The molecule has 0 amide bonds. The van der Waals surface area contributed by atoms with Gasteiger partial charge in [-0.25, -0.2) is 13.1 Å². The van der Waals surface area contributed by atoms with E-state index in [9.17, 15) is 8.42 Å². The third kappa shape index (κ3) is 3.30. The number of nitrogens with one attached hydrogen (secondary N) is 1. The molecule has 1 aromatic heterocycles. The Labute approximate surface area is 89.4 Å². The van der Waals surface area contributed by atoms with Crippen molar-refractivity contribution in [3.63, 3.8) is 0 Å². The summed E-state index contributed by atoms with van der Waals surface area (Å²) in [6.45, 7) is 6.95. The number of rotatable bonds is 5. The van der Waals surface area contributed by atoms with Crippen LogP contribution in [0, 0.1) is 0 Å². The predicted molar refractivity (Wildman–Crippen MR) is 59.3 cm³/mol. The Kier molecular flexibility index (Phi) is 3.76. The van der Waals surface area contributed by atoms with Crippen LogP contribution in [0.3, 0.4) is 0 Å². The standard InChI is InChI=1S/C10H12N2O2S/c1-3-9(2)15(13,14)12-8-10-4-6-11-7-5-10/h3-7,12H,1-2,8H2. The van der Waals surface area contributed by atoms with Gasteiger partial charge in [0.25, 0.3) is 0 Å². The Morgan fingerprint density at radius 2 is 2.07 bits per heavy atom. The van der Waals surface area contributed by atoms with Crippen LogP contribution in [-0.2, 0) is 16.6 Å². The van der Waals surface area contributed by atoms with Gasteiger partial charge in [0.15, 0.2) is 0 Å². The second kappa shape index (κ2) is 4.86. The largest absolute Gasteiger partial charge is 0.265 e. The first-order valence-electron chi connectivity index (χ1n) is 4.26. The highest BCUT2D eigenvalue weighted by atomic mass is 32.2. The van der Waals surface area contributed by atoms with Crippen molar-refractivity contribution in [3.8, 4) is 0 Å². The fourth-order valence-corrected chi connectivity index (χ4v) is 1.64. The van der Waals surface area contributed by atoms with E-state index >= 15 is 0 Å². The molecule has 1 rings (SSSR count). The Morgan fingerprint density at radius 1 is 1.47 bits per heavy atom. The molecule has 80 valence electrons. The Morgan fingerprint density at radius 3 is 2.60 bits per heavy atom. The Bertz CT molecular complexity index is 452. The molecule has 0 aliphatic heterocycles. The topological polar surface area (TPSA) is 59.1 Å². The SMILES string of the molecule is C=CC(=C)S(=O)(=O)NCc1ccncc1. The van der Waals surface area contributed by atoms with Crippen molar-refractivity contribution in [2.75, 3.05) is 0 Å². The highest BCUT2D eigenvalue weighted by Crippen LogP contribution is 2.03. The molecule has 5 heteroatoms. The average molecular weight is 224 g/mol. The van der Waals surface area contributed by atoms with E-state index in [-0.39, 0.29) is 11.4 Å². The quantitative estimate of drug-likeness (QED) is 0.764. The van der Waals surface area contributed by atoms with Crippen molar-refractivity contribution in [3.05, 3.63) is 54.2 Å². The number of pyridine rings is 1. The highest BCUT2D eigenvalue weighted by Gasteiger charge is 2.11. The fraction of sp³-hybridized carbons (Fsp3) is 0.100. The van der Waals surface area contributed by atoms with E-state index in [2.05, 4.69) is 22.9 Å². The molecule has 0 bridgehead atoms. The summed E-state index contributed by atoms with van der Waals surface area (Å²) in [5.41, 5.74) is 0.838. The second-order valence-corrected chi connectivity index (χ2v) is 4.67. The van der Waals surface area contributed by atoms with E-state index in [1.54, 1.807) is 24.5 Å². The first-order valence-corrected chi connectivity index (χ1v) is 5.74. The van der Waals surface area contributed by atoms with Gasteiger partial charge in [0.1, 0.15) is 0 Å². The maximum Gasteiger partial charge on any atom is 0.240 e. The van der Waals surface area contributed by atoms with E-state index in [0.29, 0.717) is 0 Å². The zero-order chi connectivity index (χ0) is 11.3. The molecule has 0 aromatic carbocycles. The highest BCUT2D eigenvalue weighted by molar-refractivity contribution is 7.93. The molecule has 15 heavy (non-hydrogen) atoms. The predicted octanol–water partition coefficient (Wildman–Crippen LogP) is 1.20. The molecule has 0 saturated carbocycles. The summed E-state index contributed by atoms with van der Waals surface area (Å²) < 4.78 is 25.3. The summed E-state index contributed by atoms with van der Waals surface area (Å²) in [5, 5.41) is 0. The molecule has 0 saturated heterocycles. The lowest BCUT2D eigenvalue weighted by molar-refractivity contribution is 0.589. The summed E-state index contributed by atoms with van der Waals surface area (Å²) in [6.07, 6.45) is 4.41. The third-order valence-corrected chi connectivity index (χ3v) is 3.17. The first-order chi connectivity index (χ1) is 7.06. The number of aromatic nitrogens is 1. The molecule has 0 atom stereocenters. The van der Waals surface area contributed by atoms with Crippen molar-refractivity contribution in [2.24, 2.45) is 0 Å². The zero-order valence-corrected chi connectivity index (χ0v) is 9.00. The number of hydrogen-bond donors (Lipinski definition) is 1. The molecule has 0 fully saturated rings. The van der Waals surface area contributed by atoms with Gasteiger partial charge in [-0.1, -0.05) is 13.2 Å². The molecule has 0 unspecified atom stereocenters. The average Bonchev–Trinajstić information content (AvgIpc) is 2.27. The van der Waals surface area contributed by atoms with Gasteiger partial charge in [-0.15, -0.1) is 0 Å². The van der Waals surface area contributed by atoms with Gasteiger partial charge in [-0.2, -0.15) is 0 Å². The molecule has 1 N–H and O–H groups in total. The van der Waals surface area contributed by atoms with Gasteiger partial charge in [0.05, 0.1) is 4.91 Å². The monoisotopic (exact) mass is 224 g/mol. The summed E-state index contributed by atoms with van der Waals surface area (Å²) in [5.74, 6) is 0. The molecule has 4 nitrogen and oxygen atoms in total. The number of sulfonamides is 1. The molecule has 0 spiro atoms. The smallest absolute Gasteiger partial charge is 0.240 e. The van der Waals surface area contributed by atoms with Crippen LogP contribution in [-0.4, -0.2) is 13.4 Å². The van der Waals surface area contributed by atoms with Crippen LogP contribution in [0.1, 0.15) is 5.56 Å². The minimum absolute atomic E-state index is 0.0310. The molecular weight excluding hydrogens is 212 g/mol. The maximum atomic E-state index is 11.4. The van der Waals surface area contributed by atoms with Crippen molar-refractivity contribution < 1.29 is 8.42 Å². The van der Waals surface area contributed by atoms with Gasteiger partial charge in [-0.3, -0.25) is 4.98 Å². The van der Waals surface area contributed by atoms with E-state index < -0.39 is 10.0 Å². The van der Waals surface area contributed by atoms with Crippen molar-refractivity contribution in [2.45, 2.75) is 6.54 Å². The fourth-order valence-electron chi connectivity index (χ4n) is 0.881. The van der Waals surface area contributed by atoms with Crippen LogP contribution in [0.4, 0.5) is 0 Å². The van der Waals surface area contributed by atoms with E-state index in [4.69, 9.17) is 0 Å². The summed E-state index contributed by atoms with van der Waals surface area (Å²) in [4.78, 5) is 3.80. The van der Waals surface area contributed by atoms with Gasteiger partial charge in [0.2, 0.25) is 10.0 Å². The van der Waals surface area contributed by atoms with Crippen LogP contribution >= 0.6 is 0 Å². The molecule has 0 aliphatic rings. The summed E-state index contributed by atoms with van der Waals surface area (Å²) in [7, 11) is -3.49. The normalized spacial score (nSPS) is 10.9. The van der Waals surface area contributed by atoms with Crippen molar-refractivity contribution in [1.82, 2.24) is 9.71 Å². The Balaban J connectivity index is 2.66. The van der Waals surface area contributed by atoms with Gasteiger partial charge >= 0.3 is 0 Å². The number of hydrogen-bond acceptors (Lipinski definition) is 3.